The lowest BCUT2D eigenvalue weighted by molar-refractivity contribution is 0.0862. The smallest absolute Gasteiger partial charge is 0.0397 e. The molecule has 1 aliphatic heterocycles. The summed E-state index contributed by atoms with van der Waals surface area (Å²) >= 11 is 2.37. The van der Waals surface area contributed by atoms with Gasteiger partial charge in [0.25, 0.3) is 0 Å². The molecular formula is C15H23IN2. The first kappa shape index (κ1) is 14.3. The minimum Gasteiger partial charge on any atom is -0.314 e. The zero-order valence-electron chi connectivity index (χ0n) is 11.5. The van der Waals surface area contributed by atoms with E-state index in [1.165, 1.54) is 9.13 Å². The molecule has 1 fully saturated rings. The second-order valence-corrected chi connectivity index (χ2v) is 7.35. The van der Waals surface area contributed by atoms with E-state index in [0.29, 0.717) is 6.04 Å². The van der Waals surface area contributed by atoms with Crippen molar-refractivity contribution in [2.75, 3.05) is 26.2 Å². The normalized spacial score (nSPS) is 19.8. The van der Waals surface area contributed by atoms with E-state index in [1.54, 1.807) is 0 Å². The van der Waals surface area contributed by atoms with Crippen LogP contribution in [0.1, 0.15) is 32.4 Å². The summed E-state index contributed by atoms with van der Waals surface area (Å²) in [6.45, 7) is 11.5. The van der Waals surface area contributed by atoms with E-state index in [2.05, 4.69) is 77.8 Å². The summed E-state index contributed by atoms with van der Waals surface area (Å²) in [6.07, 6.45) is 0. The highest BCUT2D eigenvalue weighted by molar-refractivity contribution is 14.1. The van der Waals surface area contributed by atoms with Crippen molar-refractivity contribution in [1.29, 1.82) is 0 Å². The van der Waals surface area contributed by atoms with Gasteiger partial charge in [-0.15, -0.1) is 0 Å². The summed E-state index contributed by atoms with van der Waals surface area (Å²) < 4.78 is 1.31. The molecule has 0 amide bonds. The molecule has 1 aliphatic rings. The summed E-state index contributed by atoms with van der Waals surface area (Å²) in [5, 5.41) is 3.44. The van der Waals surface area contributed by atoms with Crippen molar-refractivity contribution in [3.63, 3.8) is 0 Å². The number of nitrogens with one attached hydrogen (secondary N) is 1. The zero-order chi connectivity index (χ0) is 13.2. The third-order valence-electron chi connectivity index (χ3n) is 3.52. The Labute approximate surface area is 124 Å². The van der Waals surface area contributed by atoms with E-state index in [1.807, 2.05) is 0 Å². The fraction of sp³-hybridized carbons (Fsp3) is 0.600. The maximum atomic E-state index is 3.44. The molecule has 0 spiro atoms. The van der Waals surface area contributed by atoms with Crippen molar-refractivity contribution >= 4 is 22.6 Å². The summed E-state index contributed by atoms with van der Waals surface area (Å²) in [6, 6.07) is 9.53. The van der Waals surface area contributed by atoms with E-state index in [-0.39, 0.29) is 5.41 Å². The molecular weight excluding hydrogens is 335 g/mol. The van der Waals surface area contributed by atoms with Crippen LogP contribution < -0.4 is 5.32 Å². The van der Waals surface area contributed by atoms with Gasteiger partial charge in [0, 0.05) is 35.8 Å². The van der Waals surface area contributed by atoms with Crippen LogP contribution in [0.25, 0.3) is 0 Å². The molecule has 0 unspecified atom stereocenters. The Balaban J connectivity index is 2.27. The van der Waals surface area contributed by atoms with E-state index < -0.39 is 0 Å². The van der Waals surface area contributed by atoms with Crippen LogP contribution in [-0.4, -0.2) is 31.1 Å². The molecule has 0 radical (unpaired) electrons. The lowest BCUT2D eigenvalue weighted by Gasteiger charge is -2.42. The summed E-state index contributed by atoms with van der Waals surface area (Å²) in [5.41, 5.74) is 1.72. The first-order valence-electron chi connectivity index (χ1n) is 6.69. The minimum absolute atomic E-state index is 0.268. The summed E-state index contributed by atoms with van der Waals surface area (Å²) in [7, 11) is 0. The van der Waals surface area contributed by atoms with Gasteiger partial charge >= 0.3 is 0 Å². The highest BCUT2D eigenvalue weighted by atomic mass is 127. The molecule has 0 aliphatic carbocycles. The van der Waals surface area contributed by atoms with E-state index in [4.69, 9.17) is 0 Å². The molecule has 18 heavy (non-hydrogen) atoms. The van der Waals surface area contributed by atoms with E-state index in [0.717, 1.165) is 26.2 Å². The fourth-order valence-electron chi connectivity index (χ4n) is 2.84. The number of rotatable bonds is 2. The third-order valence-corrected chi connectivity index (χ3v) is 4.24. The summed E-state index contributed by atoms with van der Waals surface area (Å²) in [5.74, 6) is 0. The molecule has 1 aromatic rings. The Morgan fingerprint density at radius 3 is 2.17 bits per heavy atom. The zero-order valence-corrected chi connectivity index (χ0v) is 13.7. The quantitative estimate of drug-likeness (QED) is 0.817. The Kier molecular flexibility index (Phi) is 4.67. The second kappa shape index (κ2) is 5.88. The molecule has 2 rings (SSSR count). The Morgan fingerprint density at radius 2 is 1.67 bits per heavy atom. The molecule has 3 heteroatoms. The summed E-state index contributed by atoms with van der Waals surface area (Å²) in [4.78, 5) is 2.62. The van der Waals surface area contributed by atoms with Crippen LogP contribution in [-0.2, 0) is 0 Å². The highest BCUT2D eigenvalue weighted by Crippen LogP contribution is 2.38. The van der Waals surface area contributed by atoms with Crippen LogP contribution in [0.4, 0.5) is 0 Å². The van der Waals surface area contributed by atoms with Crippen molar-refractivity contribution < 1.29 is 0 Å². The lowest BCUT2D eigenvalue weighted by Crippen LogP contribution is -2.48. The monoisotopic (exact) mass is 358 g/mol. The molecule has 2 nitrogen and oxygen atoms in total. The molecule has 1 N–H and O–H groups in total. The van der Waals surface area contributed by atoms with Crippen molar-refractivity contribution in [3.8, 4) is 0 Å². The maximum Gasteiger partial charge on any atom is 0.0397 e. The number of halogens is 1. The van der Waals surface area contributed by atoms with Gasteiger partial charge in [-0.2, -0.15) is 0 Å². The predicted octanol–water partition coefficient (Wildman–Crippen LogP) is 3.28. The largest absolute Gasteiger partial charge is 0.314 e. The van der Waals surface area contributed by atoms with Gasteiger partial charge in [0.1, 0.15) is 0 Å². The average Bonchev–Trinajstić information content (AvgIpc) is 2.32. The standard InChI is InChI=1S/C15H23IN2/c1-15(2,3)14(18-10-8-17-9-11-18)12-4-6-13(16)7-5-12/h4-7,14,17H,8-11H2,1-3H3/t14-/m1/s1. The van der Waals surface area contributed by atoms with Gasteiger partial charge < -0.3 is 5.32 Å². The van der Waals surface area contributed by atoms with Crippen LogP contribution in [0.5, 0.6) is 0 Å². The number of nitrogens with zero attached hydrogens (tertiary/aromatic N) is 1. The van der Waals surface area contributed by atoms with Gasteiger partial charge in [0.15, 0.2) is 0 Å². The maximum absolute atomic E-state index is 3.44. The number of hydrogen-bond acceptors (Lipinski definition) is 2. The number of benzene rings is 1. The van der Waals surface area contributed by atoms with Gasteiger partial charge in [-0.1, -0.05) is 32.9 Å². The molecule has 0 bridgehead atoms. The van der Waals surface area contributed by atoms with Crippen molar-refractivity contribution in [2.45, 2.75) is 26.8 Å². The lowest BCUT2D eigenvalue weighted by atomic mass is 9.81. The second-order valence-electron chi connectivity index (χ2n) is 6.11. The minimum atomic E-state index is 0.268. The molecule has 1 saturated heterocycles. The topological polar surface area (TPSA) is 15.3 Å². The van der Waals surface area contributed by atoms with Crippen molar-refractivity contribution in [1.82, 2.24) is 10.2 Å². The predicted molar refractivity (Wildman–Crippen MR) is 85.8 cm³/mol. The molecule has 1 heterocycles. The van der Waals surface area contributed by atoms with Gasteiger partial charge in [-0.05, 0) is 45.7 Å². The third kappa shape index (κ3) is 3.45. The fourth-order valence-corrected chi connectivity index (χ4v) is 3.20. The van der Waals surface area contributed by atoms with Crippen LogP contribution in [0.3, 0.4) is 0 Å². The molecule has 0 saturated carbocycles. The molecule has 1 aromatic carbocycles. The Hall–Kier alpha value is -0.130. The first-order valence-corrected chi connectivity index (χ1v) is 7.76. The molecule has 1 atom stereocenters. The van der Waals surface area contributed by atoms with Crippen LogP contribution >= 0.6 is 22.6 Å². The van der Waals surface area contributed by atoms with Gasteiger partial charge in [0.2, 0.25) is 0 Å². The number of hydrogen-bond donors (Lipinski definition) is 1. The van der Waals surface area contributed by atoms with E-state index >= 15 is 0 Å². The van der Waals surface area contributed by atoms with Gasteiger partial charge in [0.05, 0.1) is 0 Å². The van der Waals surface area contributed by atoms with Crippen LogP contribution in [0, 0.1) is 8.99 Å². The Morgan fingerprint density at radius 1 is 1.11 bits per heavy atom. The Bertz CT molecular complexity index is 374. The van der Waals surface area contributed by atoms with Crippen LogP contribution in [0.15, 0.2) is 24.3 Å². The van der Waals surface area contributed by atoms with Crippen LogP contribution in [0.2, 0.25) is 0 Å². The van der Waals surface area contributed by atoms with E-state index in [9.17, 15) is 0 Å². The highest BCUT2D eigenvalue weighted by Gasteiger charge is 2.32. The van der Waals surface area contributed by atoms with Crippen molar-refractivity contribution in [3.05, 3.63) is 33.4 Å². The average molecular weight is 358 g/mol. The van der Waals surface area contributed by atoms with Crippen molar-refractivity contribution in [2.24, 2.45) is 5.41 Å². The molecule has 0 aromatic heterocycles. The van der Waals surface area contributed by atoms with Gasteiger partial charge in [-0.25, -0.2) is 0 Å². The SMILES string of the molecule is CC(C)(C)[C@@H](c1ccc(I)cc1)N1CCNCC1. The van der Waals surface area contributed by atoms with Gasteiger partial charge in [-0.3, -0.25) is 4.90 Å². The first-order chi connectivity index (χ1) is 8.48. The molecule has 100 valence electrons. The number of piperazine rings is 1.